The van der Waals surface area contributed by atoms with Crippen LogP contribution in [0.5, 0.6) is 5.75 Å². The highest BCUT2D eigenvalue weighted by atomic mass is 35.5. The zero-order valence-corrected chi connectivity index (χ0v) is 11.5. The number of para-hydroxylation sites is 1. The fourth-order valence-corrected chi connectivity index (χ4v) is 1.12. The van der Waals surface area contributed by atoms with Crippen molar-refractivity contribution in [2.24, 2.45) is 5.41 Å². The maximum atomic E-state index is 11.8. The smallest absolute Gasteiger partial charge is 0.328 e. The van der Waals surface area contributed by atoms with Gasteiger partial charge in [-0.15, -0.1) is 12.4 Å². The average molecular weight is 273 g/mol. The molecule has 0 fully saturated rings. The van der Waals surface area contributed by atoms with Gasteiger partial charge in [0.05, 0.1) is 6.61 Å². The third kappa shape index (κ3) is 4.04. The van der Waals surface area contributed by atoms with Crippen LogP contribution >= 0.6 is 12.4 Å². The van der Waals surface area contributed by atoms with E-state index in [1.807, 2.05) is 6.07 Å². The minimum absolute atomic E-state index is 0. The van der Waals surface area contributed by atoms with Crippen LogP contribution in [0.4, 0.5) is 0 Å². The van der Waals surface area contributed by atoms with E-state index in [9.17, 15) is 9.59 Å². The van der Waals surface area contributed by atoms with E-state index in [0.717, 1.165) is 0 Å². The first-order valence-electron chi connectivity index (χ1n) is 5.43. The lowest BCUT2D eigenvalue weighted by atomic mass is 9.94. The lowest BCUT2D eigenvalue weighted by molar-refractivity contribution is -0.164. The fraction of sp³-hybridized carbons (Fsp3) is 0.385. The Hall–Kier alpha value is -1.55. The van der Waals surface area contributed by atoms with Crippen molar-refractivity contribution in [3.63, 3.8) is 0 Å². The summed E-state index contributed by atoms with van der Waals surface area (Å²) in [5.74, 6) is -0.794. The summed E-state index contributed by atoms with van der Waals surface area (Å²) in [6.45, 7) is 4.89. The number of halogens is 1. The Bertz CT molecular complexity index is 401. The third-order valence-corrected chi connectivity index (χ3v) is 2.25. The summed E-state index contributed by atoms with van der Waals surface area (Å²) in [6, 6.07) is 8.62. The molecule has 0 heterocycles. The minimum Gasteiger partial charge on any atom is -0.465 e. The van der Waals surface area contributed by atoms with Crippen LogP contribution in [0.3, 0.4) is 0 Å². The largest absolute Gasteiger partial charge is 0.465 e. The molecule has 0 saturated carbocycles. The van der Waals surface area contributed by atoms with Crippen molar-refractivity contribution in [3.05, 3.63) is 30.3 Å². The molecule has 0 radical (unpaired) electrons. The first-order chi connectivity index (χ1) is 7.98. The molecule has 0 atom stereocenters. The van der Waals surface area contributed by atoms with E-state index in [4.69, 9.17) is 9.47 Å². The van der Waals surface area contributed by atoms with E-state index in [1.165, 1.54) is 13.8 Å². The van der Waals surface area contributed by atoms with Crippen LogP contribution in [0.1, 0.15) is 20.8 Å². The molecule has 0 unspecified atom stereocenters. The molecule has 18 heavy (non-hydrogen) atoms. The number of rotatable bonds is 4. The highest BCUT2D eigenvalue weighted by Gasteiger charge is 2.39. The van der Waals surface area contributed by atoms with Crippen LogP contribution in [0.15, 0.2) is 30.3 Å². The van der Waals surface area contributed by atoms with Gasteiger partial charge in [0.15, 0.2) is 5.41 Å². The van der Waals surface area contributed by atoms with Crippen molar-refractivity contribution in [3.8, 4) is 5.75 Å². The van der Waals surface area contributed by atoms with Crippen LogP contribution in [-0.4, -0.2) is 18.5 Å². The van der Waals surface area contributed by atoms with E-state index in [-0.39, 0.29) is 19.0 Å². The molecule has 1 rings (SSSR count). The molecule has 0 aliphatic rings. The van der Waals surface area contributed by atoms with E-state index in [1.54, 1.807) is 31.2 Å². The van der Waals surface area contributed by atoms with Crippen molar-refractivity contribution in [2.45, 2.75) is 20.8 Å². The quantitative estimate of drug-likeness (QED) is 0.480. The van der Waals surface area contributed by atoms with Gasteiger partial charge in [0.2, 0.25) is 0 Å². The van der Waals surface area contributed by atoms with Crippen LogP contribution in [0.2, 0.25) is 0 Å². The monoisotopic (exact) mass is 272 g/mol. The summed E-state index contributed by atoms with van der Waals surface area (Å²) in [4.78, 5) is 23.4. The Morgan fingerprint density at radius 2 is 1.67 bits per heavy atom. The summed E-state index contributed by atoms with van der Waals surface area (Å²) in [6.07, 6.45) is 0. The zero-order chi connectivity index (χ0) is 12.9. The Balaban J connectivity index is 0.00000289. The molecule has 0 aliphatic heterocycles. The maximum Gasteiger partial charge on any atom is 0.328 e. The van der Waals surface area contributed by atoms with Gasteiger partial charge in [0.25, 0.3) is 0 Å². The first kappa shape index (κ1) is 16.4. The van der Waals surface area contributed by atoms with Crippen molar-refractivity contribution in [1.82, 2.24) is 0 Å². The summed E-state index contributed by atoms with van der Waals surface area (Å²) >= 11 is 0. The lowest BCUT2D eigenvalue weighted by Gasteiger charge is -2.20. The second-order valence-electron chi connectivity index (χ2n) is 4.05. The third-order valence-electron chi connectivity index (χ3n) is 2.25. The van der Waals surface area contributed by atoms with E-state index >= 15 is 0 Å². The molecule has 0 spiro atoms. The average Bonchev–Trinajstić information content (AvgIpc) is 2.30. The molecule has 1 aromatic carbocycles. The lowest BCUT2D eigenvalue weighted by Crippen LogP contribution is -2.38. The number of carbonyl (C=O) groups excluding carboxylic acids is 2. The number of hydrogen-bond donors (Lipinski definition) is 0. The predicted octanol–water partition coefficient (Wildman–Crippen LogP) is 2.60. The van der Waals surface area contributed by atoms with Crippen LogP contribution < -0.4 is 4.74 Å². The van der Waals surface area contributed by atoms with E-state index < -0.39 is 17.4 Å². The van der Waals surface area contributed by atoms with Crippen LogP contribution in [0, 0.1) is 5.41 Å². The van der Waals surface area contributed by atoms with Gasteiger partial charge in [-0.1, -0.05) is 18.2 Å². The molecule has 0 N–H and O–H groups in total. The Kier molecular flexibility index (Phi) is 6.41. The SMILES string of the molecule is CCOC(=O)C(C)(C)C(=O)Oc1ccccc1.Cl. The molecule has 4 nitrogen and oxygen atoms in total. The molecule has 0 amide bonds. The van der Waals surface area contributed by atoms with Gasteiger partial charge in [0, 0.05) is 0 Å². The fourth-order valence-electron chi connectivity index (χ4n) is 1.12. The van der Waals surface area contributed by atoms with Crippen molar-refractivity contribution >= 4 is 24.3 Å². The second kappa shape index (κ2) is 7.01. The molecular formula is C13H17ClO4. The molecular weight excluding hydrogens is 256 g/mol. The van der Waals surface area contributed by atoms with Gasteiger partial charge in [-0.25, -0.2) is 0 Å². The van der Waals surface area contributed by atoms with Crippen LogP contribution in [-0.2, 0) is 14.3 Å². The number of ether oxygens (including phenoxy) is 2. The minimum atomic E-state index is -1.30. The Morgan fingerprint density at radius 1 is 1.11 bits per heavy atom. The van der Waals surface area contributed by atoms with Gasteiger partial charge in [0.1, 0.15) is 5.75 Å². The van der Waals surface area contributed by atoms with Gasteiger partial charge in [-0.05, 0) is 32.9 Å². The van der Waals surface area contributed by atoms with E-state index in [2.05, 4.69) is 0 Å². The standard InChI is InChI=1S/C13H16O4.ClH/c1-4-16-11(14)13(2,3)12(15)17-10-8-6-5-7-9-10;/h5-9H,4H2,1-3H3;1H. The maximum absolute atomic E-state index is 11.8. The molecule has 100 valence electrons. The van der Waals surface area contributed by atoms with Crippen molar-refractivity contribution in [2.75, 3.05) is 6.61 Å². The summed E-state index contributed by atoms with van der Waals surface area (Å²) in [5, 5.41) is 0. The molecule has 1 aromatic rings. The van der Waals surface area contributed by atoms with Crippen LogP contribution in [0.25, 0.3) is 0 Å². The molecule has 0 saturated heterocycles. The number of benzene rings is 1. The normalized spacial score (nSPS) is 10.2. The molecule has 0 aliphatic carbocycles. The van der Waals surface area contributed by atoms with Crippen molar-refractivity contribution in [1.29, 1.82) is 0 Å². The number of esters is 2. The second-order valence-corrected chi connectivity index (χ2v) is 4.05. The Morgan fingerprint density at radius 3 is 2.17 bits per heavy atom. The molecule has 0 aromatic heterocycles. The highest BCUT2D eigenvalue weighted by Crippen LogP contribution is 2.21. The summed E-state index contributed by atoms with van der Waals surface area (Å²) in [5.41, 5.74) is -1.30. The van der Waals surface area contributed by atoms with Crippen molar-refractivity contribution < 1.29 is 19.1 Å². The zero-order valence-electron chi connectivity index (χ0n) is 10.6. The van der Waals surface area contributed by atoms with Gasteiger partial charge >= 0.3 is 11.9 Å². The Labute approximate surface area is 113 Å². The number of carbonyl (C=O) groups is 2. The predicted molar refractivity (Wildman–Crippen MR) is 69.7 cm³/mol. The summed E-state index contributed by atoms with van der Waals surface area (Å²) < 4.78 is 9.93. The molecule has 0 bridgehead atoms. The first-order valence-corrected chi connectivity index (χ1v) is 5.43. The van der Waals surface area contributed by atoms with E-state index in [0.29, 0.717) is 5.75 Å². The summed E-state index contributed by atoms with van der Waals surface area (Å²) in [7, 11) is 0. The van der Waals surface area contributed by atoms with Gasteiger partial charge in [-0.3, -0.25) is 9.59 Å². The van der Waals surface area contributed by atoms with Gasteiger partial charge < -0.3 is 9.47 Å². The van der Waals surface area contributed by atoms with Gasteiger partial charge in [-0.2, -0.15) is 0 Å². The molecule has 5 heteroatoms. The highest BCUT2D eigenvalue weighted by molar-refractivity contribution is 5.99. The topological polar surface area (TPSA) is 52.6 Å². The number of hydrogen-bond acceptors (Lipinski definition) is 4.